The first-order valence-electron chi connectivity index (χ1n) is 36.8. The van der Waals surface area contributed by atoms with Crippen molar-refractivity contribution in [2.75, 3.05) is 26.4 Å². The van der Waals surface area contributed by atoms with Crippen LogP contribution in [0.15, 0.2) is 85.1 Å². The fourth-order valence-corrected chi connectivity index (χ4v) is 12.1. The molecule has 3 aliphatic heterocycles. The molecule has 0 spiro atoms. The van der Waals surface area contributed by atoms with Crippen molar-refractivity contribution in [1.82, 2.24) is 5.32 Å². The molecular weight excluding hydrogens is 1200 g/mol. The second-order valence-corrected chi connectivity index (χ2v) is 26.0. The Hall–Kier alpha value is -3.03. The van der Waals surface area contributed by atoms with Crippen molar-refractivity contribution in [1.29, 1.82) is 0 Å². The summed E-state index contributed by atoms with van der Waals surface area (Å²) in [6.45, 7) is 1.67. The van der Waals surface area contributed by atoms with Crippen LogP contribution < -0.4 is 5.32 Å². The van der Waals surface area contributed by atoms with Gasteiger partial charge in [-0.1, -0.05) is 259 Å². The van der Waals surface area contributed by atoms with E-state index in [1.54, 1.807) is 0 Å². The van der Waals surface area contributed by atoms with Crippen LogP contribution in [0, 0.1) is 0 Å². The topological polar surface area (TPSA) is 307 Å². The van der Waals surface area contributed by atoms with Crippen molar-refractivity contribution >= 4 is 5.91 Å². The predicted octanol–water partition coefficient (Wildman–Crippen LogP) is 10.7. The molecule has 3 fully saturated rings. The van der Waals surface area contributed by atoms with Crippen LogP contribution >= 0.6 is 0 Å². The van der Waals surface area contributed by atoms with Crippen LogP contribution in [0.2, 0.25) is 0 Å². The minimum absolute atomic E-state index is 0.245. The van der Waals surface area contributed by atoms with Gasteiger partial charge in [0, 0.05) is 6.42 Å². The van der Waals surface area contributed by atoms with Gasteiger partial charge in [0.15, 0.2) is 18.9 Å². The molecule has 3 heterocycles. The molecule has 0 aromatic heterocycles. The van der Waals surface area contributed by atoms with Crippen molar-refractivity contribution in [2.45, 2.75) is 356 Å². The van der Waals surface area contributed by atoms with Gasteiger partial charge in [0.2, 0.25) is 5.91 Å². The number of hydrogen-bond acceptors (Lipinski definition) is 18. The summed E-state index contributed by atoms with van der Waals surface area (Å²) in [5.74, 6) is -0.245. The van der Waals surface area contributed by atoms with Crippen LogP contribution in [-0.4, -0.2) is 193 Å². The van der Waals surface area contributed by atoms with Gasteiger partial charge in [-0.05, 0) is 70.6 Å². The van der Waals surface area contributed by atoms with Gasteiger partial charge >= 0.3 is 0 Å². The Morgan fingerprint density at radius 3 is 1.15 bits per heavy atom. The Morgan fingerprint density at radius 2 is 0.734 bits per heavy atom. The third kappa shape index (κ3) is 36.7. The standard InChI is InChI=1S/C75H131NO18/c1-3-5-7-9-11-13-15-17-18-19-20-21-22-23-24-25-26-27-28-29-30-31-32-33-34-35-36-37-38-39-40-41-43-45-47-49-51-53-63(81)76-58(59(80)52-50-48-46-44-42-16-14-12-10-8-6-4-2)57-89-73-69(87)66(84)71(61(55-78)91-73)94-75-70(88)67(85)72(62(56-79)92-75)93-74-68(86)65(83)64(82)60(54-77)90-74/h5,7,11,13,17-18,20-21,23-24,26-27,29-30,58-62,64-75,77-80,82-88H,3-4,6,8-10,12,14-16,19,22,25,28,31-57H2,1-2H3,(H,76,81)/b7-5-,13-11-,18-17-,21-20-,24-23-,27-26-,30-29-. The molecule has 0 radical (unpaired) electrons. The lowest BCUT2D eigenvalue weighted by molar-refractivity contribution is -0.379. The first kappa shape index (κ1) is 85.2. The SMILES string of the molecule is CC/C=C\C/C=C\C/C=C\C/C=C\C/C=C\C/C=C\C/C=C\CCCCCCCCCCCCCCCCCC(=O)NC(COC1OC(CO)C(OC2OC(CO)C(OC3OC(CO)C(O)C(O)C3O)C(O)C2O)C(O)C1O)C(O)CCCCCCCCCCCCCC. The van der Waals surface area contributed by atoms with Crippen LogP contribution in [0.25, 0.3) is 0 Å². The summed E-state index contributed by atoms with van der Waals surface area (Å²) in [5.41, 5.74) is 0. The maximum absolute atomic E-state index is 13.4. The molecule has 0 bridgehead atoms. The number of carbonyl (C=O) groups is 1. The number of ether oxygens (including phenoxy) is 6. The first-order valence-corrected chi connectivity index (χ1v) is 36.8. The van der Waals surface area contributed by atoms with Gasteiger partial charge in [-0.3, -0.25) is 4.79 Å². The van der Waals surface area contributed by atoms with Crippen molar-refractivity contribution in [3.05, 3.63) is 85.1 Å². The van der Waals surface area contributed by atoms with Gasteiger partial charge in [-0.2, -0.15) is 0 Å². The zero-order valence-corrected chi connectivity index (χ0v) is 57.7. The van der Waals surface area contributed by atoms with E-state index in [1.807, 2.05) is 0 Å². The van der Waals surface area contributed by atoms with E-state index >= 15 is 0 Å². The van der Waals surface area contributed by atoms with Gasteiger partial charge in [0.25, 0.3) is 0 Å². The molecule has 17 unspecified atom stereocenters. The van der Waals surface area contributed by atoms with Crippen molar-refractivity contribution in [2.24, 2.45) is 0 Å². The Morgan fingerprint density at radius 1 is 0.394 bits per heavy atom. The zero-order chi connectivity index (χ0) is 68.2. The average molecular weight is 1330 g/mol. The fourth-order valence-electron chi connectivity index (χ4n) is 12.1. The Bertz CT molecular complexity index is 2030. The predicted molar refractivity (Wildman–Crippen MR) is 369 cm³/mol. The molecule has 12 N–H and O–H groups in total. The number of nitrogens with one attached hydrogen (secondary N) is 1. The quantitative estimate of drug-likeness (QED) is 0.0199. The molecule has 19 heteroatoms. The molecule has 3 saturated heterocycles. The van der Waals surface area contributed by atoms with E-state index in [9.17, 15) is 61.0 Å². The number of allylic oxidation sites excluding steroid dienone is 14. The second-order valence-electron chi connectivity index (χ2n) is 26.0. The molecule has 3 aliphatic rings. The highest BCUT2D eigenvalue weighted by atomic mass is 16.8. The smallest absolute Gasteiger partial charge is 0.220 e. The van der Waals surface area contributed by atoms with E-state index in [-0.39, 0.29) is 18.9 Å². The molecule has 3 rings (SSSR count). The highest BCUT2D eigenvalue weighted by molar-refractivity contribution is 5.76. The van der Waals surface area contributed by atoms with Gasteiger partial charge in [0.1, 0.15) is 73.2 Å². The van der Waals surface area contributed by atoms with Crippen molar-refractivity contribution in [3.63, 3.8) is 0 Å². The lowest BCUT2D eigenvalue weighted by Crippen LogP contribution is -2.66. The molecule has 1 amide bonds. The summed E-state index contributed by atoms with van der Waals surface area (Å²) < 4.78 is 34.4. The summed E-state index contributed by atoms with van der Waals surface area (Å²) in [7, 11) is 0. The zero-order valence-electron chi connectivity index (χ0n) is 57.7. The Labute approximate surface area is 565 Å². The monoisotopic (exact) mass is 1330 g/mol. The van der Waals surface area contributed by atoms with Crippen LogP contribution in [0.3, 0.4) is 0 Å². The lowest BCUT2D eigenvalue weighted by atomic mass is 9.96. The lowest BCUT2D eigenvalue weighted by Gasteiger charge is -2.48. The second kappa shape index (κ2) is 55.8. The van der Waals surface area contributed by atoms with Crippen LogP contribution in [-0.2, 0) is 33.2 Å². The normalized spacial score (nSPS) is 27.9. The minimum atomic E-state index is -1.97. The maximum Gasteiger partial charge on any atom is 0.220 e. The summed E-state index contributed by atoms with van der Waals surface area (Å²) >= 11 is 0. The van der Waals surface area contributed by atoms with Crippen LogP contribution in [0.1, 0.15) is 251 Å². The Kier molecular flexibility index (Phi) is 50.6. The molecule has 544 valence electrons. The molecule has 0 aliphatic carbocycles. The van der Waals surface area contributed by atoms with Crippen LogP contribution in [0.4, 0.5) is 0 Å². The van der Waals surface area contributed by atoms with E-state index in [2.05, 4.69) is 104 Å². The van der Waals surface area contributed by atoms with E-state index in [4.69, 9.17) is 28.4 Å². The van der Waals surface area contributed by atoms with E-state index < -0.39 is 124 Å². The molecule has 0 aromatic rings. The molecule has 17 atom stereocenters. The number of unbranched alkanes of at least 4 members (excludes halogenated alkanes) is 26. The average Bonchev–Trinajstić information content (AvgIpc) is 0.794. The number of carbonyl (C=O) groups excluding carboxylic acids is 1. The maximum atomic E-state index is 13.4. The van der Waals surface area contributed by atoms with E-state index in [1.165, 1.54) is 122 Å². The van der Waals surface area contributed by atoms with Gasteiger partial charge < -0.3 is 89.9 Å². The third-order valence-corrected chi connectivity index (χ3v) is 18.0. The highest BCUT2D eigenvalue weighted by Crippen LogP contribution is 2.33. The van der Waals surface area contributed by atoms with Gasteiger partial charge in [-0.25, -0.2) is 0 Å². The first-order chi connectivity index (χ1) is 45.8. The number of aliphatic hydroxyl groups excluding tert-OH is 11. The molecule has 0 saturated carbocycles. The number of hydrogen-bond donors (Lipinski definition) is 12. The number of amides is 1. The number of aliphatic hydroxyl groups is 11. The molecular formula is C75H131NO18. The van der Waals surface area contributed by atoms with E-state index in [0.717, 1.165) is 96.3 Å². The fraction of sp³-hybridized carbons (Fsp3) is 0.800. The van der Waals surface area contributed by atoms with Crippen LogP contribution in [0.5, 0.6) is 0 Å². The van der Waals surface area contributed by atoms with E-state index in [0.29, 0.717) is 12.8 Å². The summed E-state index contributed by atoms with van der Waals surface area (Å²) in [4.78, 5) is 13.4. The number of rotatable bonds is 56. The Balaban J connectivity index is 1.32. The summed E-state index contributed by atoms with van der Waals surface area (Å²) in [6, 6.07) is -0.890. The summed E-state index contributed by atoms with van der Waals surface area (Å²) in [6.07, 6.45) is 45.4. The largest absolute Gasteiger partial charge is 0.394 e. The van der Waals surface area contributed by atoms with Gasteiger partial charge in [-0.15, -0.1) is 0 Å². The van der Waals surface area contributed by atoms with Gasteiger partial charge in [0.05, 0.1) is 38.6 Å². The molecule has 19 nitrogen and oxygen atoms in total. The molecule has 0 aromatic carbocycles. The van der Waals surface area contributed by atoms with Crippen molar-refractivity contribution in [3.8, 4) is 0 Å². The highest BCUT2D eigenvalue weighted by Gasteiger charge is 2.53. The minimum Gasteiger partial charge on any atom is -0.394 e. The summed E-state index contributed by atoms with van der Waals surface area (Å²) in [5, 5.41) is 121. The molecule has 94 heavy (non-hydrogen) atoms. The third-order valence-electron chi connectivity index (χ3n) is 18.0. The van der Waals surface area contributed by atoms with Crippen molar-refractivity contribution < 1.29 is 89.4 Å².